The molecule has 10 heteroatoms. The zero-order chi connectivity index (χ0) is 22.3. The second-order valence-corrected chi connectivity index (χ2v) is 6.47. The Balaban J connectivity index is 1.91. The summed E-state index contributed by atoms with van der Waals surface area (Å²) >= 11 is 0. The van der Waals surface area contributed by atoms with Crippen LogP contribution in [0, 0.1) is 0 Å². The predicted octanol–water partition coefficient (Wildman–Crippen LogP) is 3.43. The Labute approximate surface area is 172 Å². The molecule has 1 amide bonds. The molecule has 0 radical (unpaired) electrons. The number of amides is 1. The lowest BCUT2D eigenvalue weighted by molar-refractivity contribution is -0.167. The molecule has 0 bridgehead atoms. The largest absolute Gasteiger partial charge is 0.496 e. The lowest BCUT2D eigenvalue weighted by atomic mass is 9.85. The molecule has 0 atom stereocenters. The number of halogens is 3. The molecule has 31 heavy (non-hydrogen) atoms. The van der Waals surface area contributed by atoms with Gasteiger partial charge in [-0.15, -0.1) is 0 Å². The molecule has 0 unspecified atom stereocenters. The van der Waals surface area contributed by atoms with Gasteiger partial charge in [0.2, 0.25) is 11.6 Å². The molecule has 0 spiro atoms. The van der Waals surface area contributed by atoms with Gasteiger partial charge in [0.25, 0.3) is 0 Å². The quantitative estimate of drug-likeness (QED) is 0.538. The zero-order valence-corrected chi connectivity index (χ0v) is 15.8. The second-order valence-electron chi connectivity index (χ2n) is 6.47. The van der Waals surface area contributed by atoms with Gasteiger partial charge in [-0.05, 0) is 23.8 Å². The van der Waals surface area contributed by atoms with E-state index >= 15 is 0 Å². The summed E-state index contributed by atoms with van der Waals surface area (Å²) in [5, 5.41) is 1.81. The maximum atomic E-state index is 13.3. The summed E-state index contributed by atoms with van der Waals surface area (Å²) in [6, 6.07) is 8.44. The highest BCUT2D eigenvalue weighted by Gasteiger charge is 2.40. The number of rotatable bonds is 3. The third-order valence-electron chi connectivity index (χ3n) is 4.69. The number of hydrogen-bond donors (Lipinski definition) is 1. The molecule has 1 aliphatic rings. The second kappa shape index (κ2) is 7.31. The van der Waals surface area contributed by atoms with Gasteiger partial charge in [0, 0.05) is 23.6 Å². The average Bonchev–Trinajstić information content (AvgIpc) is 2.76. The van der Waals surface area contributed by atoms with Crippen LogP contribution in [0.4, 0.5) is 18.9 Å². The molecule has 0 fully saturated rings. The molecule has 1 aliphatic carbocycles. The van der Waals surface area contributed by atoms with E-state index in [0.717, 1.165) is 0 Å². The Morgan fingerprint density at radius 1 is 0.903 bits per heavy atom. The summed E-state index contributed by atoms with van der Waals surface area (Å²) in [5.74, 6) is -3.28. The topological polar surface area (TPSA) is 98.2 Å². The molecule has 1 N–H and O–H groups in total. The van der Waals surface area contributed by atoms with Gasteiger partial charge in [-0.3, -0.25) is 24.4 Å². The summed E-state index contributed by atoms with van der Waals surface area (Å²) < 4.78 is 43.5. The summed E-state index contributed by atoms with van der Waals surface area (Å²) in [7, 11) is 1.33. The number of carbonyl (C=O) groups excluding carboxylic acids is 3. The smallest absolute Gasteiger partial charge is 0.471 e. The summed E-state index contributed by atoms with van der Waals surface area (Å²) in [5.41, 5.74) is -0.409. The van der Waals surface area contributed by atoms with E-state index in [4.69, 9.17) is 4.74 Å². The summed E-state index contributed by atoms with van der Waals surface area (Å²) in [6.07, 6.45) is -2.53. The molecule has 1 aromatic carbocycles. The Bertz CT molecular complexity index is 1250. The number of methoxy groups -OCH3 is 1. The van der Waals surface area contributed by atoms with Crippen molar-refractivity contribution in [2.75, 3.05) is 12.4 Å². The van der Waals surface area contributed by atoms with Crippen molar-refractivity contribution in [1.82, 2.24) is 9.97 Å². The number of nitrogens with one attached hydrogen (secondary N) is 1. The van der Waals surface area contributed by atoms with Crippen LogP contribution < -0.4 is 10.1 Å². The lowest BCUT2D eigenvalue weighted by Crippen LogP contribution is -2.30. The Morgan fingerprint density at radius 2 is 1.55 bits per heavy atom. The van der Waals surface area contributed by atoms with Crippen LogP contribution in [-0.2, 0) is 4.79 Å². The van der Waals surface area contributed by atoms with E-state index in [1.807, 2.05) is 0 Å². The number of alkyl halides is 3. The summed E-state index contributed by atoms with van der Waals surface area (Å²) in [6.45, 7) is 0. The number of para-hydroxylation sites is 1. The van der Waals surface area contributed by atoms with Gasteiger partial charge in [0.05, 0.1) is 18.2 Å². The minimum absolute atomic E-state index is 0.0615. The van der Waals surface area contributed by atoms with E-state index in [-0.39, 0.29) is 45.1 Å². The average molecular weight is 427 g/mol. The maximum Gasteiger partial charge on any atom is 0.471 e. The molecular formula is C21H12F3N3O4. The van der Waals surface area contributed by atoms with Gasteiger partial charge in [0.15, 0.2) is 0 Å². The molecule has 4 rings (SSSR count). The summed E-state index contributed by atoms with van der Waals surface area (Å²) in [4.78, 5) is 45.7. The first-order valence-electron chi connectivity index (χ1n) is 8.83. The van der Waals surface area contributed by atoms with Crippen LogP contribution in [0.25, 0.3) is 11.1 Å². The van der Waals surface area contributed by atoms with Crippen LogP contribution in [0.1, 0.15) is 32.1 Å². The standard InChI is InChI=1S/C21H12F3N3O4/c1-31-13-7-9-26-17-15(13)18(28)14-11(6-8-25-16(14)19(17)29)10-4-2-3-5-12(10)27-20(30)21(22,23)24/h2-9H,1H3,(H,27,30). The minimum atomic E-state index is -5.10. The van der Waals surface area contributed by atoms with Crippen molar-refractivity contribution in [3.63, 3.8) is 0 Å². The molecule has 2 aromatic heterocycles. The number of anilines is 1. The predicted molar refractivity (Wildman–Crippen MR) is 102 cm³/mol. The molecule has 0 saturated heterocycles. The fraction of sp³-hybridized carbons (Fsp3) is 0.0952. The molecule has 156 valence electrons. The van der Waals surface area contributed by atoms with E-state index in [0.29, 0.717) is 0 Å². The van der Waals surface area contributed by atoms with Crippen molar-refractivity contribution in [1.29, 1.82) is 0 Å². The van der Waals surface area contributed by atoms with Gasteiger partial charge in [-0.25, -0.2) is 0 Å². The van der Waals surface area contributed by atoms with Crippen molar-refractivity contribution in [2.45, 2.75) is 6.18 Å². The Morgan fingerprint density at radius 3 is 2.23 bits per heavy atom. The van der Waals surface area contributed by atoms with E-state index < -0.39 is 23.6 Å². The molecule has 2 heterocycles. The minimum Gasteiger partial charge on any atom is -0.496 e. The number of hydrogen-bond acceptors (Lipinski definition) is 6. The Kier molecular flexibility index (Phi) is 4.77. The lowest BCUT2D eigenvalue weighted by Gasteiger charge is -2.21. The molecule has 0 saturated carbocycles. The highest BCUT2D eigenvalue weighted by molar-refractivity contribution is 6.30. The number of aromatic nitrogens is 2. The van der Waals surface area contributed by atoms with Gasteiger partial charge in [-0.1, -0.05) is 18.2 Å². The molecule has 7 nitrogen and oxygen atoms in total. The fourth-order valence-corrected chi connectivity index (χ4v) is 3.35. The number of benzene rings is 1. The van der Waals surface area contributed by atoms with Crippen molar-refractivity contribution < 1.29 is 32.3 Å². The van der Waals surface area contributed by atoms with E-state index in [1.165, 1.54) is 55.9 Å². The number of ether oxygens (including phenoxy) is 1. The fourth-order valence-electron chi connectivity index (χ4n) is 3.35. The van der Waals surface area contributed by atoms with Crippen molar-refractivity contribution in [3.8, 4) is 16.9 Å². The first-order valence-corrected chi connectivity index (χ1v) is 8.83. The molecular weight excluding hydrogens is 415 g/mol. The number of fused-ring (bicyclic) bond motifs is 2. The number of pyridine rings is 2. The monoisotopic (exact) mass is 427 g/mol. The van der Waals surface area contributed by atoms with Crippen LogP contribution in [0.15, 0.2) is 48.8 Å². The molecule has 3 aromatic rings. The van der Waals surface area contributed by atoms with E-state index in [1.54, 1.807) is 5.32 Å². The number of nitrogens with zero attached hydrogens (tertiary/aromatic N) is 2. The van der Waals surface area contributed by atoms with Gasteiger partial charge >= 0.3 is 12.1 Å². The van der Waals surface area contributed by atoms with Crippen LogP contribution in [0.5, 0.6) is 5.75 Å². The maximum absolute atomic E-state index is 13.3. The van der Waals surface area contributed by atoms with Crippen LogP contribution >= 0.6 is 0 Å². The number of carbonyl (C=O) groups is 3. The zero-order valence-electron chi connectivity index (χ0n) is 15.8. The third-order valence-corrected chi connectivity index (χ3v) is 4.69. The first kappa shape index (κ1) is 20.2. The van der Waals surface area contributed by atoms with E-state index in [9.17, 15) is 27.6 Å². The van der Waals surface area contributed by atoms with Crippen LogP contribution in [0.3, 0.4) is 0 Å². The van der Waals surface area contributed by atoms with Crippen LogP contribution in [-0.4, -0.2) is 40.7 Å². The normalized spacial score (nSPS) is 12.8. The highest BCUT2D eigenvalue weighted by Crippen LogP contribution is 2.38. The van der Waals surface area contributed by atoms with Gasteiger partial charge in [-0.2, -0.15) is 13.2 Å². The Hall–Kier alpha value is -4.08. The van der Waals surface area contributed by atoms with Gasteiger partial charge in [0.1, 0.15) is 17.1 Å². The SMILES string of the molecule is COc1ccnc2c1C(=O)c1c(-c3ccccc3NC(=O)C(F)(F)F)ccnc1C2=O. The third kappa shape index (κ3) is 3.31. The van der Waals surface area contributed by atoms with Crippen molar-refractivity contribution in [2.24, 2.45) is 0 Å². The highest BCUT2D eigenvalue weighted by atomic mass is 19.4. The number of ketones is 2. The van der Waals surface area contributed by atoms with Crippen molar-refractivity contribution >= 4 is 23.2 Å². The van der Waals surface area contributed by atoms with Crippen LogP contribution in [0.2, 0.25) is 0 Å². The van der Waals surface area contributed by atoms with Gasteiger partial charge < -0.3 is 10.1 Å². The molecule has 0 aliphatic heterocycles. The van der Waals surface area contributed by atoms with E-state index in [2.05, 4.69) is 9.97 Å². The van der Waals surface area contributed by atoms with Crippen molar-refractivity contribution in [3.05, 3.63) is 71.3 Å². The first-order chi connectivity index (χ1) is 14.7.